The lowest BCUT2D eigenvalue weighted by Gasteiger charge is -2.12. The van der Waals surface area contributed by atoms with E-state index in [4.69, 9.17) is 9.15 Å². The molecule has 0 radical (unpaired) electrons. The number of methoxy groups -OCH3 is 1. The molecule has 0 aliphatic rings. The molecule has 0 saturated heterocycles. The number of nitrogens with zero attached hydrogens (tertiary/aromatic N) is 1. The smallest absolute Gasteiger partial charge is 0.265 e. The van der Waals surface area contributed by atoms with Gasteiger partial charge in [0.1, 0.15) is 16.4 Å². The summed E-state index contributed by atoms with van der Waals surface area (Å²) in [6.45, 7) is 0. The van der Waals surface area contributed by atoms with Crippen LogP contribution in [-0.2, 0) is 10.0 Å². The molecule has 0 saturated carbocycles. The first-order valence-electron chi connectivity index (χ1n) is 6.85. The van der Waals surface area contributed by atoms with Crippen LogP contribution in [0, 0.1) is 0 Å². The fourth-order valence-corrected chi connectivity index (χ4v) is 3.89. The lowest BCUT2D eigenvalue weighted by molar-refractivity contribution is 0.403. The van der Waals surface area contributed by atoms with Crippen molar-refractivity contribution in [3.8, 4) is 17.1 Å². The number of ether oxygens (including phenoxy) is 1. The summed E-state index contributed by atoms with van der Waals surface area (Å²) in [4.78, 5) is 4.08. The average Bonchev–Trinajstić information content (AvgIpc) is 3.09. The molecule has 24 heavy (non-hydrogen) atoms. The SMILES string of the molecule is COc1ccc(Br)cc1S(=O)(=O)Nc1cncc(-c2ccco2)c1. The van der Waals surface area contributed by atoms with Gasteiger partial charge in [-0.05, 0) is 36.4 Å². The van der Waals surface area contributed by atoms with Crippen LogP contribution in [0.15, 0.2) is 68.8 Å². The Bertz CT molecular complexity index is 956. The standard InChI is InChI=1S/C16H13BrN2O4S/c1-22-15-5-4-12(17)8-16(15)24(20,21)19-13-7-11(9-18-10-13)14-3-2-6-23-14/h2-10,19H,1H3. The van der Waals surface area contributed by atoms with Crippen molar-refractivity contribution in [2.45, 2.75) is 4.90 Å². The summed E-state index contributed by atoms with van der Waals surface area (Å²) in [5, 5.41) is 0. The molecule has 1 N–H and O–H groups in total. The zero-order chi connectivity index (χ0) is 17.2. The van der Waals surface area contributed by atoms with Gasteiger partial charge in [0.15, 0.2) is 0 Å². The number of pyridine rings is 1. The Kier molecular flexibility index (Phi) is 4.59. The summed E-state index contributed by atoms with van der Waals surface area (Å²) in [6, 6.07) is 9.93. The molecule has 8 heteroatoms. The minimum Gasteiger partial charge on any atom is -0.495 e. The van der Waals surface area contributed by atoms with Gasteiger partial charge in [0.05, 0.1) is 25.3 Å². The van der Waals surface area contributed by atoms with Crippen LogP contribution in [0.5, 0.6) is 5.75 Å². The number of furan rings is 1. The minimum atomic E-state index is -3.84. The summed E-state index contributed by atoms with van der Waals surface area (Å²) in [7, 11) is -2.42. The van der Waals surface area contributed by atoms with E-state index >= 15 is 0 Å². The van der Waals surface area contributed by atoms with Crippen LogP contribution in [0.2, 0.25) is 0 Å². The van der Waals surface area contributed by atoms with Crippen molar-refractivity contribution >= 4 is 31.6 Å². The van der Waals surface area contributed by atoms with Crippen molar-refractivity contribution in [2.24, 2.45) is 0 Å². The van der Waals surface area contributed by atoms with Gasteiger partial charge in [0.2, 0.25) is 0 Å². The van der Waals surface area contributed by atoms with Crippen molar-refractivity contribution < 1.29 is 17.6 Å². The van der Waals surface area contributed by atoms with Gasteiger partial charge in [-0.1, -0.05) is 15.9 Å². The number of benzene rings is 1. The van der Waals surface area contributed by atoms with E-state index in [-0.39, 0.29) is 10.6 Å². The molecule has 3 aromatic rings. The Morgan fingerprint density at radius 1 is 1.21 bits per heavy atom. The molecule has 1 aromatic carbocycles. The second-order valence-electron chi connectivity index (χ2n) is 4.84. The summed E-state index contributed by atoms with van der Waals surface area (Å²) in [6.07, 6.45) is 4.56. The maximum atomic E-state index is 12.7. The van der Waals surface area contributed by atoms with Crippen LogP contribution in [0.25, 0.3) is 11.3 Å². The highest BCUT2D eigenvalue weighted by atomic mass is 79.9. The Morgan fingerprint density at radius 3 is 2.75 bits per heavy atom. The lowest BCUT2D eigenvalue weighted by atomic mass is 10.2. The Balaban J connectivity index is 1.96. The number of nitrogens with one attached hydrogen (secondary N) is 1. The van der Waals surface area contributed by atoms with Gasteiger partial charge in [0, 0.05) is 16.2 Å². The molecular formula is C16H13BrN2O4S. The predicted octanol–water partition coefficient (Wildman–Crippen LogP) is 3.91. The molecule has 0 aliphatic carbocycles. The van der Waals surface area contributed by atoms with Crippen molar-refractivity contribution in [1.82, 2.24) is 4.98 Å². The Labute approximate surface area is 147 Å². The second-order valence-corrected chi connectivity index (χ2v) is 7.41. The zero-order valence-electron chi connectivity index (χ0n) is 12.6. The number of sulfonamides is 1. The molecule has 0 bridgehead atoms. The molecule has 0 fully saturated rings. The quantitative estimate of drug-likeness (QED) is 0.691. The first kappa shape index (κ1) is 16.5. The number of hydrogen-bond acceptors (Lipinski definition) is 5. The van der Waals surface area contributed by atoms with Crippen LogP contribution in [0.3, 0.4) is 0 Å². The normalized spacial score (nSPS) is 11.2. The van der Waals surface area contributed by atoms with E-state index in [0.717, 1.165) is 0 Å². The predicted molar refractivity (Wildman–Crippen MR) is 93.4 cm³/mol. The summed E-state index contributed by atoms with van der Waals surface area (Å²) in [5.74, 6) is 0.851. The molecule has 2 heterocycles. The molecular weight excluding hydrogens is 396 g/mol. The summed E-state index contributed by atoms with van der Waals surface area (Å²) >= 11 is 3.27. The van der Waals surface area contributed by atoms with Gasteiger partial charge in [-0.3, -0.25) is 9.71 Å². The molecule has 0 unspecified atom stereocenters. The van der Waals surface area contributed by atoms with Crippen LogP contribution in [0.4, 0.5) is 5.69 Å². The monoisotopic (exact) mass is 408 g/mol. The molecule has 0 amide bonds. The Hall–Kier alpha value is -2.32. The van der Waals surface area contributed by atoms with E-state index in [1.165, 1.54) is 19.4 Å². The molecule has 2 aromatic heterocycles. The minimum absolute atomic E-state index is 0.0303. The van der Waals surface area contributed by atoms with Gasteiger partial charge < -0.3 is 9.15 Å². The fraction of sp³-hybridized carbons (Fsp3) is 0.0625. The summed E-state index contributed by atoms with van der Waals surface area (Å²) in [5.41, 5.74) is 0.993. The van der Waals surface area contributed by atoms with E-state index in [9.17, 15) is 8.42 Å². The van der Waals surface area contributed by atoms with Crippen LogP contribution in [0.1, 0.15) is 0 Å². The molecule has 6 nitrogen and oxygen atoms in total. The summed E-state index contributed by atoms with van der Waals surface area (Å²) < 4.78 is 38.9. The molecule has 3 rings (SSSR count). The molecule has 124 valence electrons. The number of aromatic nitrogens is 1. The first-order chi connectivity index (χ1) is 11.5. The van der Waals surface area contributed by atoms with Crippen molar-refractivity contribution in [2.75, 3.05) is 11.8 Å². The second kappa shape index (κ2) is 6.66. The van der Waals surface area contributed by atoms with Crippen molar-refractivity contribution in [3.63, 3.8) is 0 Å². The highest BCUT2D eigenvalue weighted by Gasteiger charge is 2.20. The van der Waals surface area contributed by atoms with E-state index in [2.05, 4.69) is 25.6 Å². The number of rotatable bonds is 5. The van der Waals surface area contributed by atoms with Gasteiger partial charge >= 0.3 is 0 Å². The lowest BCUT2D eigenvalue weighted by Crippen LogP contribution is -2.14. The number of anilines is 1. The van der Waals surface area contributed by atoms with E-state index in [1.54, 1.807) is 42.8 Å². The van der Waals surface area contributed by atoms with Crippen molar-refractivity contribution in [1.29, 1.82) is 0 Å². The van der Waals surface area contributed by atoms with Crippen LogP contribution >= 0.6 is 15.9 Å². The maximum Gasteiger partial charge on any atom is 0.265 e. The highest BCUT2D eigenvalue weighted by Crippen LogP contribution is 2.29. The fourth-order valence-electron chi connectivity index (χ4n) is 2.14. The van der Waals surface area contributed by atoms with Gasteiger partial charge in [-0.25, -0.2) is 8.42 Å². The zero-order valence-corrected chi connectivity index (χ0v) is 15.0. The van der Waals surface area contributed by atoms with Gasteiger partial charge in [0.25, 0.3) is 10.0 Å². The molecule has 0 aliphatic heterocycles. The maximum absolute atomic E-state index is 12.7. The van der Waals surface area contributed by atoms with Crippen LogP contribution < -0.4 is 9.46 Å². The number of hydrogen-bond donors (Lipinski definition) is 1. The van der Waals surface area contributed by atoms with E-state index in [1.807, 2.05) is 0 Å². The highest BCUT2D eigenvalue weighted by molar-refractivity contribution is 9.10. The third-order valence-electron chi connectivity index (χ3n) is 3.21. The Morgan fingerprint density at radius 2 is 2.04 bits per heavy atom. The molecule has 0 spiro atoms. The van der Waals surface area contributed by atoms with Crippen LogP contribution in [-0.4, -0.2) is 20.5 Å². The third-order valence-corrected chi connectivity index (χ3v) is 5.11. The molecule has 0 atom stereocenters. The number of halogens is 1. The van der Waals surface area contributed by atoms with Gasteiger partial charge in [-0.2, -0.15) is 0 Å². The largest absolute Gasteiger partial charge is 0.495 e. The van der Waals surface area contributed by atoms with Gasteiger partial charge in [-0.15, -0.1) is 0 Å². The average molecular weight is 409 g/mol. The van der Waals surface area contributed by atoms with Crippen molar-refractivity contribution in [3.05, 3.63) is 59.5 Å². The van der Waals surface area contributed by atoms with E-state index in [0.29, 0.717) is 21.5 Å². The third kappa shape index (κ3) is 3.44. The first-order valence-corrected chi connectivity index (χ1v) is 9.12. The van der Waals surface area contributed by atoms with E-state index < -0.39 is 10.0 Å². The topological polar surface area (TPSA) is 81.4 Å².